The number of rotatable bonds is 8. The molecular weight excluding hydrogens is 530 g/mol. The molecule has 5 rings (SSSR count). The van der Waals surface area contributed by atoms with Gasteiger partial charge < -0.3 is 9.47 Å². The van der Waals surface area contributed by atoms with Crippen LogP contribution in [0.2, 0.25) is 0 Å². The molecule has 0 spiro atoms. The fourth-order valence-corrected chi connectivity index (χ4v) is 4.50. The van der Waals surface area contributed by atoms with Crippen molar-refractivity contribution in [2.45, 2.75) is 13.5 Å². The Kier molecular flexibility index (Phi) is 7.42. The van der Waals surface area contributed by atoms with Crippen LogP contribution >= 0.6 is 15.9 Å². The van der Waals surface area contributed by atoms with Crippen LogP contribution in [0, 0.1) is 0 Å². The molecule has 5 aromatic rings. The molecule has 0 bridgehead atoms. The van der Waals surface area contributed by atoms with Gasteiger partial charge in [0.15, 0.2) is 17.3 Å². The molecular formula is C30H24BrN3O3. The van der Waals surface area contributed by atoms with Crippen LogP contribution in [0.5, 0.6) is 11.5 Å². The first kappa shape index (κ1) is 24.5. The molecule has 0 aliphatic rings. The lowest BCUT2D eigenvalue weighted by molar-refractivity contribution is 0.267. The molecule has 0 amide bonds. The lowest BCUT2D eigenvalue weighted by Gasteiger charge is -2.15. The predicted molar refractivity (Wildman–Crippen MR) is 151 cm³/mol. The number of hydrogen-bond donors (Lipinski definition) is 0. The Morgan fingerprint density at radius 2 is 1.62 bits per heavy atom. The average Bonchev–Trinajstić information content (AvgIpc) is 2.93. The van der Waals surface area contributed by atoms with Crippen LogP contribution in [0.1, 0.15) is 18.1 Å². The van der Waals surface area contributed by atoms with E-state index < -0.39 is 0 Å². The summed E-state index contributed by atoms with van der Waals surface area (Å²) >= 11 is 3.62. The summed E-state index contributed by atoms with van der Waals surface area (Å²) in [6.07, 6.45) is 1.62. The van der Waals surface area contributed by atoms with Gasteiger partial charge in [0.05, 0.1) is 28.2 Å². The maximum Gasteiger partial charge on any atom is 0.282 e. The molecule has 0 aliphatic carbocycles. The highest BCUT2D eigenvalue weighted by molar-refractivity contribution is 9.10. The summed E-state index contributed by atoms with van der Waals surface area (Å²) in [5.74, 6) is 1.66. The second kappa shape index (κ2) is 11.2. The third kappa shape index (κ3) is 5.47. The number of para-hydroxylation sites is 1. The van der Waals surface area contributed by atoms with Crippen molar-refractivity contribution >= 4 is 33.0 Å². The molecule has 1 aromatic heterocycles. The van der Waals surface area contributed by atoms with Crippen LogP contribution in [0.4, 0.5) is 0 Å². The molecule has 184 valence electrons. The second-order valence-electron chi connectivity index (χ2n) is 8.22. The average molecular weight is 554 g/mol. The van der Waals surface area contributed by atoms with E-state index in [9.17, 15) is 4.79 Å². The first-order valence-corrected chi connectivity index (χ1v) is 12.7. The van der Waals surface area contributed by atoms with Gasteiger partial charge in [-0.1, -0.05) is 72.8 Å². The van der Waals surface area contributed by atoms with Crippen LogP contribution in [0.25, 0.3) is 22.3 Å². The molecule has 0 atom stereocenters. The van der Waals surface area contributed by atoms with Gasteiger partial charge in [-0.3, -0.25) is 4.79 Å². The molecule has 0 unspecified atom stereocenters. The van der Waals surface area contributed by atoms with Crippen molar-refractivity contribution in [2.75, 3.05) is 6.61 Å². The van der Waals surface area contributed by atoms with E-state index in [-0.39, 0.29) is 5.56 Å². The number of hydrogen-bond acceptors (Lipinski definition) is 5. The van der Waals surface area contributed by atoms with Gasteiger partial charge in [-0.05, 0) is 58.2 Å². The lowest BCUT2D eigenvalue weighted by atomic mass is 10.2. The Morgan fingerprint density at radius 3 is 2.38 bits per heavy atom. The maximum atomic E-state index is 13.4. The van der Waals surface area contributed by atoms with Crippen LogP contribution in [-0.4, -0.2) is 22.5 Å². The molecule has 0 radical (unpaired) electrons. The van der Waals surface area contributed by atoms with Gasteiger partial charge in [-0.25, -0.2) is 4.98 Å². The zero-order valence-corrected chi connectivity index (χ0v) is 21.8. The van der Waals surface area contributed by atoms with Gasteiger partial charge >= 0.3 is 0 Å². The molecule has 0 saturated carbocycles. The number of nitrogens with zero attached hydrogens (tertiary/aromatic N) is 3. The minimum Gasteiger partial charge on any atom is -0.490 e. The first-order chi connectivity index (χ1) is 18.1. The summed E-state index contributed by atoms with van der Waals surface area (Å²) in [5, 5.41) is 5.07. The van der Waals surface area contributed by atoms with E-state index in [2.05, 4.69) is 21.0 Å². The number of benzene rings is 4. The van der Waals surface area contributed by atoms with E-state index in [0.717, 1.165) is 21.2 Å². The lowest BCUT2D eigenvalue weighted by Crippen LogP contribution is -2.20. The molecule has 7 heteroatoms. The van der Waals surface area contributed by atoms with Crippen molar-refractivity contribution in [3.05, 3.63) is 123 Å². The number of ether oxygens (including phenoxy) is 2. The molecule has 0 saturated heterocycles. The molecule has 37 heavy (non-hydrogen) atoms. The fraction of sp³-hybridized carbons (Fsp3) is 0.100. The third-order valence-electron chi connectivity index (χ3n) is 5.67. The van der Waals surface area contributed by atoms with Gasteiger partial charge in [0.2, 0.25) is 0 Å². The molecule has 0 aliphatic heterocycles. The summed E-state index contributed by atoms with van der Waals surface area (Å²) in [4.78, 5) is 18.2. The quantitative estimate of drug-likeness (QED) is 0.201. The van der Waals surface area contributed by atoms with E-state index in [4.69, 9.17) is 14.5 Å². The van der Waals surface area contributed by atoms with Crippen molar-refractivity contribution in [1.82, 2.24) is 9.66 Å². The highest BCUT2D eigenvalue weighted by Gasteiger charge is 2.14. The van der Waals surface area contributed by atoms with E-state index in [1.54, 1.807) is 12.3 Å². The number of halogens is 1. The first-order valence-electron chi connectivity index (χ1n) is 11.9. The molecule has 0 N–H and O–H groups in total. The molecule has 1 heterocycles. The Hall–Kier alpha value is -4.23. The molecule has 4 aromatic carbocycles. The second-order valence-corrected chi connectivity index (χ2v) is 9.07. The third-order valence-corrected chi connectivity index (χ3v) is 6.25. The standard InChI is InChI=1S/C30H24BrN3O3/c1-2-36-27-18-22(17-25(31)28(27)37-20-21-11-5-3-6-12-21)19-32-34-29(23-13-7-4-8-14-23)33-26-16-10-9-15-24(26)30(34)35/h3-19H,2,20H2,1H3. The number of fused-ring (bicyclic) bond motifs is 1. The van der Waals surface area contributed by atoms with Gasteiger partial charge in [0, 0.05) is 5.56 Å². The summed E-state index contributed by atoms with van der Waals surface area (Å²) in [5.41, 5.74) is 2.97. The van der Waals surface area contributed by atoms with Crippen molar-refractivity contribution in [3.63, 3.8) is 0 Å². The smallest absolute Gasteiger partial charge is 0.282 e. The minimum atomic E-state index is -0.243. The highest BCUT2D eigenvalue weighted by atomic mass is 79.9. The largest absolute Gasteiger partial charge is 0.490 e. The highest BCUT2D eigenvalue weighted by Crippen LogP contribution is 2.37. The van der Waals surface area contributed by atoms with Crippen molar-refractivity contribution in [2.24, 2.45) is 5.10 Å². The minimum absolute atomic E-state index is 0.243. The molecule has 6 nitrogen and oxygen atoms in total. The fourth-order valence-electron chi connectivity index (χ4n) is 3.92. The zero-order valence-electron chi connectivity index (χ0n) is 20.2. The Labute approximate surface area is 223 Å². The van der Waals surface area contributed by atoms with E-state index in [0.29, 0.717) is 41.4 Å². The van der Waals surface area contributed by atoms with Gasteiger partial charge in [-0.15, -0.1) is 0 Å². The Bertz CT molecular complexity index is 1620. The van der Waals surface area contributed by atoms with Crippen LogP contribution in [-0.2, 0) is 6.61 Å². The normalized spacial score (nSPS) is 11.2. The van der Waals surface area contributed by atoms with Crippen molar-refractivity contribution in [3.8, 4) is 22.9 Å². The summed E-state index contributed by atoms with van der Waals surface area (Å²) in [7, 11) is 0. The zero-order chi connectivity index (χ0) is 25.6. The van der Waals surface area contributed by atoms with E-state index in [1.165, 1.54) is 4.68 Å². The predicted octanol–water partition coefficient (Wildman–Crippen LogP) is 6.69. The summed E-state index contributed by atoms with van der Waals surface area (Å²) in [6, 6.07) is 30.5. The SMILES string of the molecule is CCOc1cc(C=Nn2c(-c3ccccc3)nc3ccccc3c2=O)cc(Br)c1OCc1ccccc1. The Balaban J connectivity index is 1.54. The van der Waals surface area contributed by atoms with Gasteiger partial charge in [0.1, 0.15) is 6.61 Å². The van der Waals surface area contributed by atoms with Gasteiger partial charge in [0.25, 0.3) is 5.56 Å². The van der Waals surface area contributed by atoms with Crippen LogP contribution < -0.4 is 15.0 Å². The van der Waals surface area contributed by atoms with Crippen molar-refractivity contribution in [1.29, 1.82) is 0 Å². The number of aromatic nitrogens is 2. The van der Waals surface area contributed by atoms with Crippen molar-refractivity contribution < 1.29 is 9.47 Å². The van der Waals surface area contributed by atoms with E-state index >= 15 is 0 Å². The molecule has 0 fully saturated rings. The maximum absolute atomic E-state index is 13.4. The summed E-state index contributed by atoms with van der Waals surface area (Å²) < 4.78 is 14.0. The topological polar surface area (TPSA) is 65.7 Å². The Morgan fingerprint density at radius 1 is 0.919 bits per heavy atom. The van der Waals surface area contributed by atoms with Crippen LogP contribution in [0.15, 0.2) is 111 Å². The van der Waals surface area contributed by atoms with Gasteiger partial charge in [-0.2, -0.15) is 9.78 Å². The van der Waals surface area contributed by atoms with E-state index in [1.807, 2.05) is 97.9 Å². The monoisotopic (exact) mass is 553 g/mol. The van der Waals surface area contributed by atoms with Crippen LogP contribution in [0.3, 0.4) is 0 Å². The summed E-state index contributed by atoms with van der Waals surface area (Å²) in [6.45, 7) is 2.80.